The first kappa shape index (κ1) is 18.9. The van der Waals surface area contributed by atoms with Crippen molar-refractivity contribution in [3.8, 4) is 0 Å². The number of benzene rings is 1. The third kappa shape index (κ3) is 4.64. The number of rotatable bonds is 5. The third-order valence-electron chi connectivity index (χ3n) is 4.39. The first-order valence-corrected chi connectivity index (χ1v) is 8.51. The van der Waals surface area contributed by atoms with Crippen molar-refractivity contribution in [3.05, 3.63) is 65.5 Å². The number of alkyl halides is 3. The van der Waals surface area contributed by atoms with Gasteiger partial charge < -0.3 is 10.2 Å². The fraction of sp³-hybridized carbons (Fsp3) is 0.316. The molecule has 1 N–H and O–H groups in total. The van der Waals surface area contributed by atoms with Crippen LogP contribution in [0.1, 0.15) is 40.5 Å². The Hall–Kier alpha value is -2.90. The van der Waals surface area contributed by atoms with Gasteiger partial charge >= 0.3 is 6.18 Å². The number of likely N-dealkylation sites (tertiary alicyclic amines) is 1. The molecule has 5 nitrogen and oxygen atoms in total. The van der Waals surface area contributed by atoms with Gasteiger partial charge in [-0.25, -0.2) is 0 Å². The molecule has 2 aromatic rings. The van der Waals surface area contributed by atoms with Gasteiger partial charge in [0.05, 0.1) is 11.6 Å². The van der Waals surface area contributed by atoms with E-state index in [1.54, 1.807) is 17.0 Å². The molecule has 1 atom stereocenters. The van der Waals surface area contributed by atoms with Crippen molar-refractivity contribution in [3.63, 3.8) is 0 Å². The Bertz CT molecular complexity index is 824. The maximum Gasteiger partial charge on any atom is 0.416 e. The van der Waals surface area contributed by atoms with Crippen LogP contribution < -0.4 is 5.32 Å². The minimum atomic E-state index is -4.49. The summed E-state index contributed by atoms with van der Waals surface area (Å²) in [5.74, 6) is -0.580. The van der Waals surface area contributed by atoms with Gasteiger partial charge in [-0.15, -0.1) is 0 Å². The lowest BCUT2D eigenvalue weighted by molar-refractivity contribution is -0.137. The van der Waals surface area contributed by atoms with Gasteiger partial charge in [0.2, 0.25) is 5.91 Å². The van der Waals surface area contributed by atoms with E-state index in [2.05, 4.69) is 10.3 Å². The molecule has 8 heteroatoms. The number of carbonyl (C=O) groups is 2. The lowest BCUT2D eigenvalue weighted by atomic mass is 10.0. The Labute approximate surface area is 154 Å². The Morgan fingerprint density at radius 3 is 2.67 bits per heavy atom. The first-order chi connectivity index (χ1) is 12.8. The summed E-state index contributed by atoms with van der Waals surface area (Å²) in [6.07, 6.45) is -1.93. The van der Waals surface area contributed by atoms with E-state index in [1.807, 2.05) is 0 Å². The van der Waals surface area contributed by atoms with E-state index >= 15 is 0 Å². The van der Waals surface area contributed by atoms with Crippen LogP contribution in [0.2, 0.25) is 0 Å². The molecule has 2 amide bonds. The Morgan fingerprint density at radius 1 is 1.22 bits per heavy atom. The average Bonchev–Trinajstić information content (AvgIpc) is 3.06. The van der Waals surface area contributed by atoms with E-state index in [9.17, 15) is 22.8 Å². The summed E-state index contributed by atoms with van der Waals surface area (Å²) >= 11 is 0. The largest absolute Gasteiger partial charge is 0.416 e. The second-order valence-corrected chi connectivity index (χ2v) is 6.31. The number of hydrogen-bond donors (Lipinski definition) is 1. The second-order valence-electron chi connectivity index (χ2n) is 6.31. The SMILES string of the molecule is O=C(NC(CN1CCCC1=O)c1cccc(C(F)(F)F)c1)c1ccccn1. The molecule has 0 spiro atoms. The molecule has 1 aromatic heterocycles. The molecule has 0 aliphatic carbocycles. The third-order valence-corrected chi connectivity index (χ3v) is 4.39. The summed E-state index contributed by atoms with van der Waals surface area (Å²) in [7, 11) is 0. The van der Waals surface area contributed by atoms with Gasteiger partial charge in [0, 0.05) is 25.7 Å². The van der Waals surface area contributed by atoms with Crippen LogP contribution in [0.4, 0.5) is 13.2 Å². The maximum atomic E-state index is 13.1. The fourth-order valence-electron chi connectivity index (χ4n) is 3.01. The van der Waals surface area contributed by atoms with Crippen LogP contribution in [0.5, 0.6) is 0 Å². The van der Waals surface area contributed by atoms with Crippen LogP contribution in [0.15, 0.2) is 48.7 Å². The van der Waals surface area contributed by atoms with Gasteiger partial charge in [-0.1, -0.05) is 18.2 Å². The number of halogens is 3. The molecule has 27 heavy (non-hydrogen) atoms. The predicted molar refractivity (Wildman–Crippen MR) is 91.7 cm³/mol. The first-order valence-electron chi connectivity index (χ1n) is 8.51. The van der Waals surface area contributed by atoms with E-state index in [0.717, 1.165) is 12.1 Å². The molecule has 1 aromatic carbocycles. The van der Waals surface area contributed by atoms with Crippen molar-refractivity contribution in [1.82, 2.24) is 15.2 Å². The maximum absolute atomic E-state index is 13.1. The summed E-state index contributed by atoms with van der Waals surface area (Å²) in [5.41, 5.74) is -0.360. The fourth-order valence-corrected chi connectivity index (χ4v) is 3.01. The highest BCUT2D eigenvalue weighted by Gasteiger charge is 2.32. The van der Waals surface area contributed by atoms with Crippen molar-refractivity contribution < 1.29 is 22.8 Å². The summed E-state index contributed by atoms with van der Waals surface area (Å²) in [5, 5.41) is 2.71. The Morgan fingerprint density at radius 2 is 2.04 bits per heavy atom. The minimum Gasteiger partial charge on any atom is -0.342 e. The highest BCUT2D eigenvalue weighted by atomic mass is 19.4. The van der Waals surface area contributed by atoms with Gasteiger partial charge in [0.15, 0.2) is 0 Å². The molecular weight excluding hydrogens is 359 g/mol. The summed E-state index contributed by atoms with van der Waals surface area (Å²) in [6.45, 7) is 0.631. The van der Waals surface area contributed by atoms with E-state index in [-0.39, 0.29) is 23.7 Å². The zero-order valence-electron chi connectivity index (χ0n) is 14.4. The summed E-state index contributed by atoms with van der Waals surface area (Å²) in [4.78, 5) is 29.9. The molecule has 3 rings (SSSR count). The van der Waals surface area contributed by atoms with Crippen LogP contribution >= 0.6 is 0 Å². The number of aromatic nitrogens is 1. The molecule has 2 heterocycles. The number of hydrogen-bond acceptors (Lipinski definition) is 3. The van der Waals surface area contributed by atoms with Gasteiger partial charge in [0.25, 0.3) is 5.91 Å². The Kier molecular flexibility index (Phi) is 5.43. The van der Waals surface area contributed by atoms with E-state index in [1.165, 1.54) is 24.4 Å². The molecular formula is C19H18F3N3O2. The number of pyridine rings is 1. The molecule has 1 aliphatic rings. The van der Waals surface area contributed by atoms with Crippen molar-refractivity contribution in [2.24, 2.45) is 0 Å². The van der Waals surface area contributed by atoms with Crippen LogP contribution in [0, 0.1) is 0 Å². The average molecular weight is 377 g/mol. The van der Waals surface area contributed by atoms with E-state index < -0.39 is 23.7 Å². The molecule has 142 valence electrons. The zero-order valence-corrected chi connectivity index (χ0v) is 14.4. The topological polar surface area (TPSA) is 62.3 Å². The second kappa shape index (κ2) is 7.77. The summed E-state index contributed by atoms with van der Waals surface area (Å²) in [6, 6.07) is 8.83. The summed E-state index contributed by atoms with van der Waals surface area (Å²) < 4.78 is 39.2. The number of amides is 2. The standard InChI is InChI=1S/C19H18F3N3O2/c20-19(21,22)14-6-3-5-13(11-14)16(12-25-10-4-8-17(25)26)24-18(27)15-7-1-2-9-23-15/h1-3,5-7,9,11,16H,4,8,10,12H2,(H,24,27). The monoisotopic (exact) mass is 377 g/mol. The minimum absolute atomic E-state index is 0.0703. The lowest BCUT2D eigenvalue weighted by Crippen LogP contribution is -2.39. The van der Waals surface area contributed by atoms with Crippen molar-refractivity contribution in [2.45, 2.75) is 25.1 Å². The van der Waals surface area contributed by atoms with Gasteiger partial charge in [-0.05, 0) is 36.2 Å². The smallest absolute Gasteiger partial charge is 0.342 e. The molecule has 1 unspecified atom stereocenters. The van der Waals surface area contributed by atoms with Crippen LogP contribution in [0.25, 0.3) is 0 Å². The highest BCUT2D eigenvalue weighted by Crippen LogP contribution is 2.31. The molecule has 0 bridgehead atoms. The van der Waals surface area contributed by atoms with Crippen LogP contribution in [-0.4, -0.2) is 34.8 Å². The Balaban J connectivity index is 1.87. The zero-order chi connectivity index (χ0) is 19.4. The number of carbonyl (C=O) groups excluding carboxylic acids is 2. The van der Waals surface area contributed by atoms with Gasteiger partial charge in [-0.3, -0.25) is 14.6 Å². The van der Waals surface area contributed by atoms with Gasteiger partial charge in [0.1, 0.15) is 5.69 Å². The molecule has 0 radical (unpaired) electrons. The predicted octanol–water partition coefficient (Wildman–Crippen LogP) is 3.19. The lowest BCUT2D eigenvalue weighted by Gasteiger charge is -2.25. The molecule has 1 saturated heterocycles. The molecule has 0 saturated carbocycles. The van der Waals surface area contributed by atoms with Gasteiger partial charge in [-0.2, -0.15) is 13.2 Å². The number of nitrogens with one attached hydrogen (secondary N) is 1. The van der Waals surface area contributed by atoms with Crippen molar-refractivity contribution in [2.75, 3.05) is 13.1 Å². The highest BCUT2D eigenvalue weighted by molar-refractivity contribution is 5.92. The van der Waals surface area contributed by atoms with Crippen LogP contribution in [0.3, 0.4) is 0 Å². The normalized spacial score (nSPS) is 15.7. The van der Waals surface area contributed by atoms with E-state index in [4.69, 9.17) is 0 Å². The van der Waals surface area contributed by atoms with Crippen LogP contribution in [-0.2, 0) is 11.0 Å². The van der Waals surface area contributed by atoms with Crippen molar-refractivity contribution >= 4 is 11.8 Å². The molecule has 1 aliphatic heterocycles. The quantitative estimate of drug-likeness (QED) is 0.871. The molecule has 1 fully saturated rings. The van der Waals surface area contributed by atoms with Crippen molar-refractivity contribution in [1.29, 1.82) is 0 Å². The number of nitrogens with zero attached hydrogens (tertiary/aromatic N) is 2. The van der Waals surface area contributed by atoms with E-state index in [0.29, 0.717) is 19.4 Å².